The van der Waals surface area contributed by atoms with E-state index in [1.807, 2.05) is 32.0 Å². The number of aryl methyl sites for hydroxylation is 1. The van der Waals surface area contributed by atoms with Crippen molar-refractivity contribution in [3.05, 3.63) is 92.2 Å². The summed E-state index contributed by atoms with van der Waals surface area (Å²) in [5, 5.41) is 26.0. The molecule has 9 nitrogen and oxygen atoms in total. The molecule has 4 aromatic rings. The number of aromatic nitrogens is 1. The molecule has 0 aliphatic heterocycles. The summed E-state index contributed by atoms with van der Waals surface area (Å²) in [4.78, 5) is 28.9. The number of ether oxygens (including phenoxy) is 2. The molecular formula is C27H22N4O5S. The first-order chi connectivity index (χ1) is 17.9. The van der Waals surface area contributed by atoms with Crippen molar-refractivity contribution in [1.29, 1.82) is 5.26 Å². The molecule has 0 atom stereocenters. The molecule has 37 heavy (non-hydrogen) atoms. The molecule has 2 aromatic carbocycles. The summed E-state index contributed by atoms with van der Waals surface area (Å²) in [6.07, 6.45) is 0. The first kappa shape index (κ1) is 25.5. The van der Waals surface area contributed by atoms with Gasteiger partial charge < -0.3 is 14.8 Å². The number of non-ortho nitro benzene ring substituents is 1. The van der Waals surface area contributed by atoms with Gasteiger partial charge in [0.25, 0.3) is 11.6 Å². The van der Waals surface area contributed by atoms with Gasteiger partial charge >= 0.3 is 0 Å². The fourth-order valence-corrected chi connectivity index (χ4v) is 4.25. The molecule has 0 spiro atoms. The molecule has 1 amide bonds. The van der Waals surface area contributed by atoms with E-state index in [1.54, 1.807) is 35.7 Å². The minimum absolute atomic E-state index is 0.0307. The molecule has 2 aromatic heterocycles. The average Bonchev–Trinajstić information content (AvgIpc) is 3.44. The zero-order chi connectivity index (χ0) is 26.4. The predicted octanol–water partition coefficient (Wildman–Crippen LogP) is 6.19. The number of thiophene rings is 1. The number of hydrogen-bond acceptors (Lipinski definition) is 8. The number of carbonyl (C=O) groups is 1. The van der Waals surface area contributed by atoms with Crippen LogP contribution in [0.4, 0.5) is 11.5 Å². The highest BCUT2D eigenvalue weighted by molar-refractivity contribution is 7.12. The Bertz CT molecular complexity index is 1500. The fourth-order valence-electron chi connectivity index (χ4n) is 3.63. The maximum absolute atomic E-state index is 12.9. The molecule has 2 heterocycles. The van der Waals surface area contributed by atoms with Crippen LogP contribution in [0.25, 0.3) is 22.4 Å². The van der Waals surface area contributed by atoms with E-state index in [-0.39, 0.29) is 23.9 Å². The Morgan fingerprint density at radius 2 is 2.00 bits per heavy atom. The molecule has 0 bridgehead atoms. The highest BCUT2D eigenvalue weighted by Gasteiger charge is 2.21. The van der Waals surface area contributed by atoms with Crippen molar-refractivity contribution in [2.45, 2.75) is 13.8 Å². The third-order valence-corrected chi connectivity index (χ3v) is 6.26. The minimum Gasteiger partial charge on any atom is -0.467 e. The van der Waals surface area contributed by atoms with Crippen molar-refractivity contribution in [2.75, 3.05) is 18.7 Å². The maximum atomic E-state index is 12.9. The SMILES string of the molecule is CCOCOc1cc(C)ccc1-c1cc(-c2cccc([N+](=O)[O-])c2)c(C#N)c(NC(=O)c2cccs2)n1. The Labute approximate surface area is 217 Å². The van der Waals surface area contributed by atoms with Crippen LogP contribution in [-0.4, -0.2) is 29.2 Å². The topological polar surface area (TPSA) is 127 Å². The number of benzene rings is 2. The lowest BCUT2D eigenvalue weighted by molar-refractivity contribution is -0.384. The van der Waals surface area contributed by atoms with Gasteiger partial charge in [0.15, 0.2) is 12.6 Å². The van der Waals surface area contributed by atoms with Gasteiger partial charge in [-0.05, 0) is 54.6 Å². The molecule has 1 N–H and O–H groups in total. The normalized spacial score (nSPS) is 10.5. The quantitative estimate of drug-likeness (QED) is 0.122. The summed E-state index contributed by atoms with van der Waals surface area (Å²) >= 11 is 1.25. The van der Waals surface area contributed by atoms with Gasteiger partial charge in [0, 0.05) is 29.9 Å². The number of nitro benzene ring substituents is 1. The molecule has 0 aliphatic carbocycles. The van der Waals surface area contributed by atoms with Gasteiger partial charge in [-0.25, -0.2) is 4.98 Å². The number of carbonyl (C=O) groups excluding carboxylic acids is 1. The number of nitrogens with zero attached hydrogens (tertiary/aromatic N) is 3. The van der Waals surface area contributed by atoms with E-state index in [0.29, 0.717) is 39.6 Å². The van der Waals surface area contributed by atoms with E-state index in [4.69, 9.17) is 9.47 Å². The van der Waals surface area contributed by atoms with Crippen LogP contribution in [0.5, 0.6) is 5.75 Å². The standard InChI is InChI=1S/C27H22N4O5S/c1-3-35-16-36-24-12-17(2)9-10-20(24)23-14-21(18-6-4-7-19(13-18)31(33)34)22(15-28)26(29-23)30-27(32)25-8-5-11-37-25/h4-14H,3,16H2,1-2H3,(H,29,30,32). The highest BCUT2D eigenvalue weighted by atomic mass is 32.1. The van der Waals surface area contributed by atoms with Gasteiger partial charge in [-0.1, -0.05) is 24.3 Å². The van der Waals surface area contributed by atoms with Crippen LogP contribution in [0.2, 0.25) is 0 Å². The second kappa shape index (κ2) is 11.4. The Hall–Kier alpha value is -4.59. The molecule has 0 fully saturated rings. The van der Waals surface area contributed by atoms with E-state index in [2.05, 4.69) is 16.4 Å². The lowest BCUT2D eigenvalue weighted by Crippen LogP contribution is -2.14. The molecule has 0 unspecified atom stereocenters. The number of anilines is 1. The van der Waals surface area contributed by atoms with Gasteiger partial charge in [-0.3, -0.25) is 14.9 Å². The molecule has 0 aliphatic rings. The first-order valence-electron chi connectivity index (χ1n) is 11.3. The number of pyridine rings is 1. The van der Waals surface area contributed by atoms with Gasteiger partial charge in [-0.15, -0.1) is 11.3 Å². The van der Waals surface area contributed by atoms with Crippen LogP contribution in [-0.2, 0) is 4.74 Å². The van der Waals surface area contributed by atoms with Crippen molar-refractivity contribution in [3.8, 4) is 34.2 Å². The highest BCUT2D eigenvalue weighted by Crippen LogP contribution is 2.37. The largest absolute Gasteiger partial charge is 0.467 e. The van der Waals surface area contributed by atoms with Crippen molar-refractivity contribution in [1.82, 2.24) is 4.98 Å². The van der Waals surface area contributed by atoms with E-state index in [0.717, 1.165) is 5.56 Å². The lowest BCUT2D eigenvalue weighted by Gasteiger charge is -2.16. The third-order valence-electron chi connectivity index (χ3n) is 5.39. The van der Waals surface area contributed by atoms with Crippen LogP contribution in [0.15, 0.2) is 66.0 Å². The number of nitrogens with one attached hydrogen (secondary N) is 1. The number of rotatable bonds is 9. The summed E-state index contributed by atoms with van der Waals surface area (Å²) in [5.41, 5.74) is 2.74. The van der Waals surface area contributed by atoms with Gasteiger partial charge in [0.05, 0.1) is 15.5 Å². The summed E-state index contributed by atoms with van der Waals surface area (Å²) in [6, 6.07) is 18.7. The zero-order valence-corrected chi connectivity index (χ0v) is 20.9. The summed E-state index contributed by atoms with van der Waals surface area (Å²) < 4.78 is 11.2. The van der Waals surface area contributed by atoms with Crippen LogP contribution in [0.1, 0.15) is 27.7 Å². The molecule has 0 radical (unpaired) electrons. The summed E-state index contributed by atoms with van der Waals surface area (Å²) in [7, 11) is 0. The number of nitro groups is 1. The predicted molar refractivity (Wildman–Crippen MR) is 141 cm³/mol. The van der Waals surface area contributed by atoms with Crippen LogP contribution in [0.3, 0.4) is 0 Å². The van der Waals surface area contributed by atoms with Gasteiger partial charge in [0.2, 0.25) is 0 Å². The van der Waals surface area contributed by atoms with Crippen molar-refractivity contribution >= 4 is 28.7 Å². The number of hydrogen-bond donors (Lipinski definition) is 1. The van der Waals surface area contributed by atoms with E-state index in [9.17, 15) is 20.2 Å². The third kappa shape index (κ3) is 5.81. The monoisotopic (exact) mass is 514 g/mol. The molecule has 10 heteroatoms. The van der Waals surface area contributed by atoms with Gasteiger partial charge in [-0.2, -0.15) is 5.26 Å². The second-order valence-electron chi connectivity index (χ2n) is 7.88. The molecule has 0 saturated carbocycles. The molecular weight excluding hydrogens is 492 g/mol. The van der Waals surface area contributed by atoms with Crippen molar-refractivity contribution < 1.29 is 19.2 Å². The molecule has 186 valence electrons. The zero-order valence-electron chi connectivity index (χ0n) is 20.1. The lowest BCUT2D eigenvalue weighted by atomic mass is 9.97. The van der Waals surface area contributed by atoms with E-state index < -0.39 is 10.8 Å². The Morgan fingerprint density at radius 1 is 1.16 bits per heavy atom. The minimum atomic E-state index is -0.503. The summed E-state index contributed by atoms with van der Waals surface area (Å²) in [5.74, 6) is 0.125. The smallest absolute Gasteiger partial charge is 0.270 e. The van der Waals surface area contributed by atoms with Crippen molar-refractivity contribution in [2.24, 2.45) is 0 Å². The number of amides is 1. The van der Waals surface area contributed by atoms with Crippen molar-refractivity contribution in [3.63, 3.8) is 0 Å². The van der Waals surface area contributed by atoms with Crippen LogP contribution >= 0.6 is 11.3 Å². The molecule has 4 rings (SSSR count). The molecule has 0 saturated heterocycles. The Balaban J connectivity index is 1.91. The Morgan fingerprint density at radius 3 is 2.70 bits per heavy atom. The fraction of sp³-hybridized carbons (Fsp3) is 0.148. The van der Waals surface area contributed by atoms with Gasteiger partial charge in [0.1, 0.15) is 17.4 Å². The maximum Gasteiger partial charge on any atom is 0.270 e. The second-order valence-corrected chi connectivity index (χ2v) is 8.83. The average molecular weight is 515 g/mol. The van der Waals surface area contributed by atoms with Crippen LogP contribution in [0, 0.1) is 28.4 Å². The summed E-state index contributed by atoms with van der Waals surface area (Å²) in [6.45, 7) is 4.29. The van der Waals surface area contributed by atoms with E-state index >= 15 is 0 Å². The first-order valence-corrected chi connectivity index (χ1v) is 12.2. The Kier molecular flexibility index (Phi) is 7.88. The number of nitriles is 1. The van der Waals surface area contributed by atoms with Crippen LogP contribution < -0.4 is 10.1 Å². The van der Waals surface area contributed by atoms with E-state index in [1.165, 1.54) is 23.5 Å².